The number of likely N-dealkylation sites (tertiary alicyclic amines) is 1. The van der Waals surface area contributed by atoms with Crippen LogP contribution in [0.5, 0.6) is 0 Å². The predicted octanol–water partition coefficient (Wildman–Crippen LogP) is 1.20. The van der Waals surface area contributed by atoms with Gasteiger partial charge in [0.05, 0.1) is 12.0 Å². The third kappa shape index (κ3) is 3.20. The lowest BCUT2D eigenvalue weighted by Crippen LogP contribution is -2.47. The molecule has 1 saturated heterocycles. The number of rotatable bonds is 4. The Morgan fingerprint density at radius 3 is 2.86 bits per heavy atom. The summed E-state index contributed by atoms with van der Waals surface area (Å²) in [5.41, 5.74) is 8.47. The Hall–Kier alpha value is -3.00. The van der Waals surface area contributed by atoms with Crippen molar-refractivity contribution in [2.24, 2.45) is 5.92 Å². The second-order valence-electron chi connectivity index (χ2n) is 7.80. The van der Waals surface area contributed by atoms with Gasteiger partial charge in [-0.3, -0.25) is 4.79 Å². The van der Waals surface area contributed by atoms with Gasteiger partial charge in [0, 0.05) is 74.4 Å². The zero-order valence-electron chi connectivity index (χ0n) is 15.6. The Morgan fingerprint density at radius 1 is 1.11 bits per heavy atom. The maximum absolute atomic E-state index is 12.8. The maximum atomic E-state index is 12.8. The maximum Gasteiger partial charge on any atom is 0.251 e. The molecule has 2 N–H and O–H groups in total. The summed E-state index contributed by atoms with van der Waals surface area (Å²) in [4.78, 5) is 27.7. The third-order valence-electron chi connectivity index (χ3n) is 5.85. The number of nitrogen functional groups attached to an aromatic ring is 1. The fourth-order valence-electron chi connectivity index (χ4n) is 4.59. The number of fused-ring (bicyclic) bond motifs is 4. The summed E-state index contributed by atoms with van der Waals surface area (Å²) < 4.78 is 4.07. The van der Waals surface area contributed by atoms with Gasteiger partial charge in [-0.2, -0.15) is 0 Å². The van der Waals surface area contributed by atoms with Crippen LogP contribution in [0, 0.1) is 5.92 Å². The van der Waals surface area contributed by atoms with Gasteiger partial charge < -0.3 is 19.8 Å². The Bertz CT molecular complexity index is 1040. The van der Waals surface area contributed by atoms with Gasteiger partial charge in [0.2, 0.25) is 0 Å². The van der Waals surface area contributed by atoms with E-state index in [4.69, 9.17) is 5.73 Å². The van der Waals surface area contributed by atoms with Gasteiger partial charge in [0.25, 0.3) is 5.56 Å². The number of imidazole rings is 1. The molecule has 2 aliphatic rings. The first-order valence-electron chi connectivity index (χ1n) is 9.66. The van der Waals surface area contributed by atoms with E-state index in [2.05, 4.69) is 30.5 Å². The van der Waals surface area contributed by atoms with Crippen molar-refractivity contribution in [3.05, 3.63) is 59.3 Å². The monoisotopic (exact) mass is 377 g/mol. The normalized spacial score (nSPS) is 21.4. The van der Waals surface area contributed by atoms with Crippen molar-refractivity contribution in [1.82, 2.24) is 29.0 Å². The van der Waals surface area contributed by atoms with Gasteiger partial charge in [-0.05, 0) is 18.4 Å². The molecule has 5 rings (SSSR count). The molecule has 3 aromatic heterocycles. The van der Waals surface area contributed by atoms with E-state index in [1.165, 1.54) is 6.33 Å². The standard InChI is InChI=1S/C20H23N7O/c21-19-8-17(23-12-24-19)15-6-18-16-5-14(10-27(18)20(28)7-15)9-26(11-16)4-3-25-2-1-22-13-25/h1-2,6-8,12-14,16H,3-5,9-11H2,(H2,21,23,24)/t14-,16+/m0/s1. The average molecular weight is 377 g/mol. The van der Waals surface area contributed by atoms with Crippen molar-refractivity contribution < 1.29 is 0 Å². The van der Waals surface area contributed by atoms with Gasteiger partial charge in [-0.15, -0.1) is 0 Å². The highest BCUT2D eigenvalue weighted by Crippen LogP contribution is 2.36. The van der Waals surface area contributed by atoms with Crippen molar-refractivity contribution >= 4 is 5.82 Å². The van der Waals surface area contributed by atoms with E-state index in [1.54, 1.807) is 12.1 Å². The van der Waals surface area contributed by atoms with Crippen LogP contribution in [0.15, 0.2) is 48.0 Å². The average Bonchev–Trinajstić information content (AvgIpc) is 3.21. The van der Waals surface area contributed by atoms with Crippen LogP contribution >= 0.6 is 0 Å². The molecule has 8 heteroatoms. The van der Waals surface area contributed by atoms with Gasteiger partial charge >= 0.3 is 0 Å². The fraction of sp³-hybridized carbons (Fsp3) is 0.400. The van der Waals surface area contributed by atoms with E-state index in [9.17, 15) is 4.79 Å². The molecule has 0 radical (unpaired) electrons. The van der Waals surface area contributed by atoms with Crippen molar-refractivity contribution in [3.63, 3.8) is 0 Å². The predicted molar refractivity (Wildman–Crippen MR) is 106 cm³/mol. The largest absolute Gasteiger partial charge is 0.384 e. The molecule has 28 heavy (non-hydrogen) atoms. The fourth-order valence-corrected chi connectivity index (χ4v) is 4.59. The van der Waals surface area contributed by atoms with Crippen LogP contribution in [0.1, 0.15) is 18.0 Å². The summed E-state index contributed by atoms with van der Waals surface area (Å²) >= 11 is 0. The van der Waals surface area contributed by atoms with Crippen LogP contribution in [0.25, 0.3) is 11.3 Å². The summed E-state index contributed by atoms with van der Waals surface area (Å²) in [7, 11) is 0. The highest BCUT2D eigenvalue weighted by molar-refractivity contribution is 5.61. The first kappa shape index (κ1) is 17.1. The second-order valence-corrected chi connectivity index (χ2v) is 7.80. The number of pyridine rings is 1. The number of nitrogens with zero attached hydrogens (tertiary/aromatic N) is 6. The lowest BCUT2D eigenvalue weighted by Gasteiger charge is -2.43. The summed E-state index contributed by atoms with van der Waals surface area (Å²) in [6.45, 7) is 4.74. The van der Waals surface area contributed by atoms with Crippen LogP contribution in [0.2, 0.25) is 0 Å². The zero-order valence-corrected chi connectivity index (χ0v) is 15.6. The molecule has 5 heterocycles. The highest BCUT2D eigenvalue weighted by atomic mass is 16.1. The van der Waals surface area contributed by atoms with Gasteiger partial charge in [-0.1, -0.05) is 0 Å². The van der Waals surface area contributed by atoms with E-state index in [1.807, 2.05) is 23.3 Å². The third-order valence-corrected chi connectivity index (χ3v) is 5.85. The molecule has 0 amide bonds. The summed E-state index contributed by atoms with van der Waals surface area (Å²) in [6, 6.07) is 5.50. The Kier molecular flexibility index (Phi) is 4.20. The van der Waals surface area contributed by atoms with Crippen LogP contribution < -0.4 is 11.3 Å². The lowest BCUT2D eigenvalue weighted by molar-refractivity contribution is 0.117. The van der Waals surface area contributed by atoms with Crippen LogP contribution in [0.4, 0.5) is 5.82 Å². The molecule has 3 aromatic rings. The second kappa shape index (κ2) is 6.87. The van der Waals surface area contributed by atoms with Crippen molar-refractivity contribution in [1.29, 1.82) is 0 Å². The van der Waals surface area contributed by atoms with Gasteiger partial charge in [0.15, 0.2) is 0 Å². The molecule has 144 valence electrons. The zero-order chi connectivity index (χ0) is 19.1. The van der Waals surface area contributed by atoms with E-state index < -0.39 is 0 Å². The number of nitrogens with two attached hydrogens (primary N) is 1. The molecule has 0 aliphatic carbocycles. The number of anilines is 1. The van der Waals surface area contributed by atoms with Gasteiger partial charge in [0.1, 0.15) is 12.1 Å². The summed E-state index contributed by atoms with van der Waals surface area (Å²) in [6.07, 6.45) is 8.25. The van der Waals surface area contributed by atoms with E-state index in [-0.39, 0.29) is 5.56 Å². The quantitative estimate of drug-likeness (QED) is 0.734. The van der Waals surface area contributed by atoms with Crippen molar-refractivity contribution in [2.75, 3.05) is 25.4 Å². The Labute approximate surface area is 162 Å². The van der Waals surface area contributed by atoms with E-state index in [0.29, 0.717) is 23.3 Å². The molecule has 0 spiro atoms. The van der Waals surface area contributed by atoms with Crippen molar-refractivity contribution in [3.8, 4) is 11.3 Å². The summed E-state index contributed by atoms with van der Waals surface area (Å²) in [5.74, 6) is 1.29. The molecular weight excluding hydrogens is 354 g/mol. The minimum atomic E-state index is 0.0475. The van der Waals surface area contributed by atoms with Crippen LogP contribution in [-0.4, -0.2) is 48.6 Å². The van der Waals surface area contributed by atoms with Crippen LogP contribution in [0.3, 0.4) is 0 Å². The first-order valence-corrected chi connectivity index (χ1v) is 9.66. The number of hydrogen-bond donors (Lipinski definition) is 1. The molecule has 2 bridgehead atoms. The number of piperidine rings is 1. The minimum Gasteiger partial charge on any atom is -0.384 e. The number of aromatic nitrogens is 5. The SMILES string of the molecule is Nc1cc(-c2cc3n(c(=O)c2)C[C@H]2C[C@@H]3CN(CCn3ccnc3)C2)ncn1. The number of hydrogen-bond acceptors (Lipinski definition) is 6. The molecular formula is C20H23N7O. The molecule has 2 atom stereocenters. The highest BCUT2D eigenvalue weighted by Gasteiger charge is 2.34. The molecule has 1 fully saturated rings. The molecule has 0 saturated carbocycles. The smallest absolute Gasteiger partial charge is 0.251 e. The van der Waals surface area contributed by atoms with Crippen LogP contribution in [-0.2, 0) is 13.1 Å². The minimum absolute atomic E-state index is 0.0475. The molecule has 0 unspecified atom stereocenters. The van der Waals surface area contributed by atoms with E-state index >= 15 is 0 Å². The Balaban J connectivity index is 1.42. The summed E-state index contributed by atoms with van der Waals surface area (Å²) in [5, 5.41) is 0. The topological polar surface area (TPSA) is 94.9 Å². The Morgan fingerprint density at radius 2 is 2.04 bits per heavy atom. The molecule has 0 aromatic carbocycles. The first-order chi connectivity index (χ1) is 13.7. The van der Waals surface area contributed by atoms with Crippen molar-refractivity contribution in [2.45, 2.75) is 25.4 Å². The molecule has 8 nitrogen and oxygen atoms in total. The molecule has 2 aliphatic heterocycles. The lowest BCUT2D eigenvalue weighted by atomic mass is 9.82. The van der Waals surface area contributed by atoms with Gasteiger partial charge in [-0.25, -0.2) is 15.0 Å². The van der Waals surface area contributed by atoms with E-state index in [0.717, 1.165) is 50.4 Å².